The summed E-state index contributed by atoms with van der Waals surface area (Å²) in [5.41, 5.74) is 2.82. The molecule has 1 aromatic carbocycles. The third-order valence-electron chi connectivity index (χ3n) is 5.02. The maximum atomic E-state index is 13.2. The maximum absolute atomic E-state index is 13.2. The molecule has 0 bridgehead atoms. The van der Waals surface area contributed by atoms with Gasteiger partial charge in [-0.05, 0) is 62.4 Å². The minimum absolute atomic E-state index is 0.169. The van der Waals surface area contributed by atoms with E-state index in [1.807, 2.05) is 38.1 Å². The number of hydrogen-bond donors (Lipinski definition) is 0. The molecule has 30 heavy (non-hydrogen) atoms. The van der Waals surface area contributed by atoms with Gasteiger partial charge in [-0.25, -0.2) is 4.98 Å². The molecule has 0 atom stereocenters. The van der Waals surface area contributed by atoms with Crippen molar-refractivity contribution >= 4 is 39.9 Å². The molecule has 0 N–H and O–H groups in total. The molecule has 1 fully saturated rings. The first kappa shape index (κ1) is 19.9. The molecule has 0 unspecified atom stereocenters. The van der Waals surface area contributed by atoms with E-state index >= 15 is 0 Å². The van der Waals surface area contributed by atoms with Gasteiger partial charge in [-0.3, -0.25) is 24.0 Å². The molecule has 8 heteroatoms. The van der Waals surface area contributed by atoms with Gasteiger partial charge in [-0.2, -0.15) is 4.68 Å². The highest BCUT2D eigenvalue weighted by Gasteiger charge is 2.34. The summed E-state index contributed by atoms with van der Waals surface area (Å²) in [5.74, 6) is 0.216. The first-order valence-electron chi connectivity index (χ1n) is 9.37. The van der Waals surface area contributed by atoms with Gasteiger partial charge in [0.25, 0.3) is 16.7 Å². The van der Waals surface area contributed by atoms with Crippen molar-refractivity contribution in [3.8, 4) is 0 Å². The summed E-state index contributed by atoms with van der Waals surface area (Å²) in [6.45, 7) is 9.30. The van der Waals surface area contributed by atoms with Gasteiger partial charge in [0.1, 0.15) is 5.82 Å². The van der Waals surface area contributed by atoms with Crippen molar-refractivity contribution in [3.63, 3.8) is 0 Å². The molecule has 0 radical (unpaired) electrons. The fourth-order valence-corrected chi connectivity index (χ4v) is 4.47. The van der Waals surface area contributed by atoms with Crippen molar-refractivity contribution < 1.29 is 9.59 Å². The molecule has 1 saturated heterocycles. The zero-order chi connectivity index (χ0) is 21.6. The van der Waals surface area contributed by atoms with Crippen molar-refractivity contribution in [2.45, 2.75) is 20.8 Å². The number of carbonyl (C=O) groups excluding carboxylic acids is 2. The van der Waals surface area contributed by atoms with Crippen LogP contribution in [0.25, 0.3) is 17.0 Å². The molecular weight excluding hydrogens is 400 g/mol. The van der Waals surface area contributed by atoms with Crippen molar-refractivity contribution in [2.24, 2.45) is 0 Å². The van der Waals surface area contributed by atoms with E-state index in [1.54, 1.807) is 23.7 Å². The zero-order valence-electron chi connectivity index (χ0n) is 16.9. The van der Waals surface area contributed by atoms with E-state index in [1.165, 1.54) is 10.8 Å². The van der Waals surface area contributed by atoms with Crippen LogP contribution in [0.4, 0.5) is 4.79 Å². The van der Waals surface area contributed by atoms with Gasteiger partial charge >= 0.3 is 0 Å². The molecule has 0 aliphatic carbocycles. The van der Waals surface area contributed by atoms with Gasteiger partial charge in [0.05, 0.1) is 15.8 Å². The monoisotopic (exact) mass is 420 g/mol. The number of aromatic nitrogens is 3. The number of imide groups is 1. The van der Waals surface area contributed by atoms with Crippen LogP contribution < -0.4 is 5.56 Å². The summed E-state index contributed by atoms with van der Waals surface area (Å²) in [7, 11) is 0. The number of amides is 2. The largest absolute Gasteiger partial charge is 0.293 e. The van der Waals surface area contributed by atoms with Gasteiger partial charge < -0.3 is 0 Å². The lowest BCUT2D eigenvalue weighted by atomic mass is 10.2. The lowest BCUT2D eigenvalue weighted by Gasteiger charge is -2.16. The Hall–Kier alpha value is -3.39. The number of carbonyl (C=O) groups is 2. The number of hydrogen-bond acceptors (Lipinski definition) is 5. The van der Waals surface area contributed by atoms with Crippen LogP contribution in [-0.4, -0.2) is 36.9 Å². The molecule has 4 rings (SSSR count). The highest BCUT2D eigenvalue weighted by molar-refractivity contribution is 8.18. The van der Waals surface area contributed by atoms with Gasteiger partial charge in [0.2, 0.25) is 0 Å². The third kappa shape index (κ3) is 3.09. The van der Waals surface area contributed by atoms with Crippen molar-refractivity contribution in [3.05, 3.63) is 81.0 Å². The number of fused-ring (bicyclic) bond motifs is 1. The van der Waals surface area contributed by atoms with Gasteiger partial charge in [0, 0.05) is 17.9 Å². The average Bonchev–Trinajstić information content (AvgIpc) is 3.13. The second kappa shape index (κ2) is 7.46. The van der Waals surface area contributed by atoms with Gasteiger partial charge in [-0.1, -0.05) is 18.2 Å². The zero-order valence-corrected chi connectivity index (χ0v) is 17.7. The highest BCUT2D eigenvalue weighted by Crippen LogP contribution is 2.33. The Kier molecular flexibility index (Phi) is 4.95. The smallest absolute Gasteiger partial charge is 0.268 e. The second-order valence-corrected chi connectivity index (χ2v) is 8.01. The molecular formula is C22H20N4O3S. The van der Waals surface area contributed by atoms with E-state index in [4.69, 9.17) is 0 Å². The van der Waals surface area contributed by atoms with Crippen LogP contribution in [0, 0.1) is 20.8 Å². The Morgan fingerprint density at radius 1 is 1.10 bits per heavy atom. The minimum Gasteiger partial charge on any atom is -0.268 e. The SMILES string of the molecule is C=CCN1C(=O)SC(=Cc2cc(C)n(-n3c(C)nc4ccccc4c3=O)c2C)C1=O. The van der Waals surface area contributed by atoms with E-state index in [0.29, 0.717) is 21.6 Å². The molecule has 3 aromatic rings. The van der Waals surface area contributed by atoms with Crippen LogP contribution in [0.3, 0.4) is 0 Å². The Morgan fingerprint density at radius 3 is 2.57 bits per heavy atom. The van der Waals surface area contributed by atoms with Crippen LogP contribution in [-0.2, 0) is 4.79 Å². The van der Waals surface area contributed by atoms with Crippen molar-refractivity contribution in [1.82, 2.24) is 19.2 Å². The summed E-state index contributed by atoms with van der Waals surface area (Å²) in [6.07, 6.45) is 3.22. The lowest BCUT2D eigenvalue weighted by Crippen LogP contribution is -2.30. The summed E-state index contributed by atoms with van der Waals surface area (Å²) >= 11 is 0.905. The lowest BCUT2D eigenvalue weighted by molar-refractivity contribution is -0.122. The third-order valence-corrected chi connectivity index (χ3v) is 5.93. The summed E-state index contributed by atoms with van der Waals surface area (Å²) in [5, 5.41) is 0.216. The first-order chi connectivity index (χ1) is 14.3. The number of rotatable bonds is 4. The first-order valence-corrected chi connectivity index (χ1v) is 10.2. The molecule has 1 aliphatic heterocycles. The van der Waals surface area contributed by atoms with E-state index in [-0.39, 0.29) is 23.3 Å². The molecule has 2 amide bonds. The second-order valence-electron chi connectivity index (χ2n) is 7.01. The Labute approximate surface area is 177 Å². The maximum Gasteiger partial charge on any atom is 0.293 e. The minimum atomic E-state index is -0.338. The van der Waals surface area contributed by atoms with Crippen LogP contribution in [0.5, 0.6) is 0 Å². The van der Waals surface area contributed by atoms with E-state index in [0.717, 1.165) is 33.6 Å². The Bertz CT molecular complexity index is 1320. The molecule has 7 nitrogen and oxygen atoms in total. The van der Waals surface area contributed by atoms with Crippen molar-refractivity contribution in [2.75, 3.05) is 6.54 Å². The van der Waals surface area contributed by atoms with E-state index < -0.39 is 0 Å². The molecule has 152 valence electrons. The van der Waals surface area contributed by atoms with Crippen LogP contribution in [0.15, 0.2) is 52.7 Å². The van der Waals surface area contributed by atoms with Gasteiger partial charge in [0.15, 0.2) is 0 Å². The van der Waals surface area contributed by atoms with Gasteiger partial charge in [-0.15, -0.1) is 6.58 Å². The fraction of sp³-hybridized carbons (Fsp3) is 0.182. The fourth-order valence-electron chi connectivity index (χ4n) is 3.63. The predicted octanol–water partition coefficient (Wildman–Crippen LogP) is 3.66. The Morgan fingerprint density at radius 2 is 1.83 bits per heavy atom. The van der Waals surface area contributed by atoms with E-state index in [2.05, 4.69) is 11.6 Å². The highest BCUT2D eigenvalue weighted by atomic mass is 32.2. The molecule has 0 spiro atoms. The molecule has 3 heterocycles. The number of nitrogens with zero attached hydrogens (tertiary/aromatic N) is 4. The van der Waals surface area contributed by atoms with Crippen LogP contribution in [0.1, 0.15) is 22.8 Å². The van der Waals surface area contributed by atoms with E-state index in [9.17, 15) is 14.4 Å². The molecule has 1 aliphatic rings. The quantitative estimate of drug-likeness (QED) is 0.476. The standard InChI is InChI=1S/C22H20N4O3S/c1-5-10-24-21(28)19(30-22(24)29)12-16-11-13(2)25(14(16)3)26-15(4)23-18-9-7-6-8-17(18)20(26)27/h5-9,11-12H,1,10H2,2-4H3. The number of para-hydroxylation sites is 1. The summed E-state index contributed by atoms with van der Waals surface area (Å²) in [4.78, 5) is 43.9. The summed E-state index contributed by atoms with van der Waals surface area (Å²) < 4.78 is 3.32. The number of aryl methyl sites for hydroxylation is 2. The number of thioether (sulfide) groups is 1. The predicted molar refractivity (Wildman–Crippen MR) is 118 cm³/mol. The van der Waals surface area contributed by atoms with Crippen LogP contribution >= 0.6 is 11.8 Å². The van der Waals surface area contributed by atoms with Crippen molar-refractivity contribution in [1.29, 1.82) is 0 Å². The molecule has 2 aromatic heterocycles. The average molecular weight is 420 g/mol. The van der Waals surface area contributed by atoms with Crippen LogP contribution in [0.2, 0.25) is 0 Å². The summed E-state index contributed by atoms with van der Waals surface area (Å²) in [6, 6.07) is 9.12. The topological polar surface area (TPSA) is 77.2 Å². The Balaban J connectivity index is 1.84. The number of benzene rings is 1. The normalized spacial score (nSPS) is 15.6. The molecule has 0 saturated carbocycles.